The van der Waals surface area contributed by atoms with E-state index in [4.69, 9.17) is 4.74 Å². The Balaban J connectivity index is 1.71. The van der Waals surface area contributed by atoms with E-state index in [0.717, 1.165) is 34.1 Å². The van der Waals surface area contributed by atoms with Crippen molar-refractivity contribution in [3.05, 3.63) is 70.5 Å². The third-order valence-corrected chi connectivity index (χ3v) is 4.11. The first kappa shape index (κ1) is 14.8. The van der Waals surface area contributed by atoms with E-state index in [1.54, 1.807) is 11.3 Å². The maximum atomic E-state index is 5.87. The fourth-order valence-corrected chi connectivity index (χ4v) is 2.98. The van der Waals surface area contributed by atoms with Crippen LogP contribution in [-0.2, 0) is 13.2 Å². The molecule has 0 spiro atoms. The van der Waals surface area contributed by atoms with Gasteiger partial charge in [0.05, 0.1) is 5.69 Å². The third kappa shape index (κ3) is 3.72. The molecule has 0 bridgehead atoms. The van der Waals surface area contributed by atoms with E-state index in [2.05, 4.69) is 33.9 Å². The highest BCUT2D eigenvalue weighted by atomic mass is 32.1. The van der Waals surface area contributed by atoms with Crippen LogP contribution in [-0.4, -0.2) is 12.0 Å². The molecule has 0 aliphatic rings. The van der Waals surface area contributed by atoms with Crippen LogP contribution in [0.5, 0.6) is 5.75 Å². The number of nitrogens with one attached hydrogen (secondary N) is 1. The minimum atomic E-state index is 0.576. The molecule has 4 heteroatoms. The van der Waals surface area contributed by atoms with Crippen LogP contribution in [0.2, 0.25) is 0 Å². The van der Waals surface area contributed by atoms with E-state index in [1.807, 2.05) is 43.4 Å². The molecule has 0 aliphatic heterocycles. The van der Waals surface area contributed by atoms with Crippen molar-refractivity contribution in [2.45, 2.75) is 13.2 Å². The van der Waals surface area contributed by atoms with Crippen LogP contribution in [0.25, 0.3) is 11.3 Å². The third-order valence-electron chi connectivity index (χ3n) is 3.26. The minimum absolute atomic E-state index is 0.576. The molecule has 0 unspecified atom stereocenters. The number of hydrogen-bond donors (Lipinski definition) is 1. The number of thiazole rings is 1. The summed E-state index contributed by atoms with van der Waals surface area (Å²) in [5.41, 5.74) is 3.25. The zero-order chi connectivity index (χ0) is 15.2. The summed E-state index contributed by atoms with van der Waals surface area (Å²) in [6.07, 6.45) is 0. The molecule has 22 heavy (non-hydrogen) atoms. The van der Waals surface area contributed by atoms with Crippen LogP contribution in [0, 0.1) is 0 Å². The minimum Gasteiger partial charge on any atom is -0.489 e. The fraction of sp³-hybridized carbons (Fsp3) is 0.167. The Hall–Kier alpha value is -2.17. The van der Waals surface area contributed by atoms with Crippen LogP contribution in [0.15, 0.2) is 60.0 Å². The molecule has 3 nitrogen and oxygen atoms in total. The first-order valence-electron chi connectivity index (χ1n) is 7.21. The van der Waals surface area contributed by atoms with Crippen LogP contribution in [0.3, 0.4) is 0 Å². The highest BCUT2D eigenvalue weighted by molar-refractivity contribution is 7.09. The number of benzene rings is 2. The van der Waals surface area contributed by atoms with Crippen molar-refractivity contribution < 1.29 is 4.74 Å². The van der Waals surface area contributed by atoms with E-state index in [-0.39, 0.29) is 0 Å². The van der Waals surface area contributed by atoms with Gasteiger partial charge < -0.3 is 10.1 Å². The molecule has 1 heterocycles. The average molecular weight is 310 g/mol. The Kier molecular flexibility index (Phi) is 4.83. The maximum absolute atomic E-state index is 5.87. The molecule has 0 saturated carbocycles. The van der Waals surface area contributed by atoms with E-state index in [9.17, 15) is 0 Å². The zero-order valence-corrected chi connectivity index (χ0v) is 13.3. The maximum Gasteiger partial charge on any atom is 0.120 e. The van der Waals surface area contributed by atoms with Crippen molar-refractivity contribution in [3.8, 4) is 17.0 Å². The van der Waals surface area contributed by atoms with Gasteiger partial charge in [0.1, 0.15) is 17.4 Å². The summed E-state index contributed by atoms with van der Waals surface area (Å²) in [4.78, 5) is 4.63. The summed E-state index contributed by atoms with van der Waals surface area (Å²) in [6, 6.07) is 18.3. The Morgan fingerprint density at radius 2 is 1.95 bits per heavy atom. The van der Waals surface area contributed by atoms with Gasteiger partial charge in [-0.15, -0.1) is 11.3 Å². The van der Waals surface area contributed by atoms with Crippen molar-refractivity contribution in [1.82, 2.24) is 10.3 Å². The molecule has 0 aliphatic carbocycles. The topological polar surface area (TPSA) is 34.2 Å². The van der Waals surface area contributed by atoms with Crippen LogP contribution >= 0.6 is 11.3 Å². The molecule has 112 valence electrons. The highest BCUT2D eigenvalue weighted by Gasteiger charge is 2.05. The van der Waals surface area contributed by atoms with E-state index in [1.165, 1.54) is 0 Å². The van der Waals surface area contributed by atoms with Gasteiger partial charge in [-0.25, -0.2) is 4.98 Å². The first-order valence-corrected chi connectivity index (χ1v) is 8.09. The zero-order valence-electron chi connectivity index (χ0n) is 12.5. The number of hydrogen-bond acceptors (Lipinski definition) is 4. The summed E-state index contributed by atoms with van der Waals surface area (Å²) in [7, 11) is 1.93. The summed E-state index contributed by atoms with van der Waals surface area (Å²) >= 11 is 1.67. The lowest BCUT2D eigenvalue weighted by molar-refractivity contribution is 0.306. The molecule has 2 aromatic carbocycles. The number of rotatable bonds is 6. The van der Waals surface area contributed by atoms with E-state index < -0.39 is 0 Å². The second-order valence-corrected chi connectivity index (χ2v) is 5.90. The molecule has 1 aromatic heterocycles. The Morgan fingerprint density at radius 1 is 1.09 bits per heavy atom. The predicted molar refractivity (Wildman–Crippen MR) is 91.1 cm³/mol. The molecule has 0 radical (unpaired) electrons. The number of aromatic nitrogens is 1. The van der Waals surface area contributed by atoms with Gasteiger partial charge >= 0.3 is 0 Å². The van der Waals surface area contributed by atoms with Crippen molar-refractivity contribution in [1.29, 1.82) is 0 Å². The molecule has 1 N–H and O–H groups in total. The Bertz CT molecular complexity index is 725. The molecule has 3 aromatic rings. The van der Waals surface area contributed by atoms with Crippen LogP contribution in [0.4, 0.5) is 0 Å². The second-order valence-electron chi connectivity index (χ2n) is 4.96. The molecular formula is C18H18N2OS. The van der Waals surface area contributed by atoms with E-state index in [0.29, 0.717) is 6.61 Å². The van der Waals surface area contributed by atoms with Gasteiger partial charge in [0.2, 0.25) is 0 Å². The Labute approximate surface area is 134 Å². The van der Waals surface area contributed by atoms with Crippen molar-refractivity contribution in [2.75, 3.05) is 7.05 Å². The van der Waals surface area contributed by atoms with Gasteiger partial charge in [-0.05, 0) is 24.7 Å². The lowest BCUT2D eigenvalue weighted by Crippen LogP contribution is -2.04. The van der Waals surface area contributed by atoms with Crippen molar-refractivity contribution in [2.24, 2.45) is 0 Å². The van der Waals surface area contributed by atoms with Crippen LogP contribution in [0.1, 0.15) is 10.6 Å². The first-order chi connectivity index (χ1) is 10.8. The summed E-state index contributed by atoms with van der Waals surface area (Å²) < 4.78 is 5.87. The van der Waals surface area contributed by atoms with Gasteiger partial charge in [-0.3, -0.25) is 0 Å². The number of ether oxygens (including phenoxy) is 1. The fourth-order valence-electron chi connectivity index (χ4n) is 2.16. The smallest absolute Gasteiger partial charge is 0.120 e. The molecule has 0 amide bonds. The van der Waals surface area contributed by atoms with Gasteiger partial charge in [0.25, 0.3) is 0 Å². The SMILES string of the molecule is CNCc1nc(-c2cccc(OCc3ccccc3)c2)cs1. The van der Waals surface area contributed by atoms with Gasteiger partial charge in [-0.2, -0.15) is 0 Å². The normalized spacial score (nSPS) is 10.6. The summed E-state index contributed by atoms with van der Waals surface area (Å²) in [6.45, 7) is 1.38. The lowest BCUT2D eigenvalue weighted by Gasteiger charge is -2.07. The predicted octanol–water partition coefficient (Wildman–Crippen LogP) is 4.11. The van der Waals surface area contributed by atoms with E-state index >= 15 is 0 Å². The standard InChI is InChI=1S/C18H18N2OS/c1-19-11-18-20-17(13-22-18)15-8-5-9-16(10-15)21-12-14-6-3-2-4-7-14/h2-10,13,19H,11-12H2,1H3. The molecule has 0 fully saturated rings. The average Bonchev–Trinajstić information content (AvgIpc) is 3.03. The highest BCUT2D eigenvalue weighted by Crippen LogP contribution is 2.25. The monoisotopic (exact) mass is 310 g/mol. The van der Waals surface area contributed by atoms with Gasteiger partial charge in [0, 0.05) is 17.5 Å². The Morgan fingerprint density at radius 3 is 2.77 bits per heavy atom. The lowest BCUT2D eigenvalue weighted by atomic mass is 10.1. The largest absolute Gasteiger partial charge is 0.489 e. The molecular weight excluding hydrogens is 292 g/mol. The van der Waals surface area contributed by atoms with Gasteiger partial charge in [0.15, 0.2) is 0 Å². The summed E-state index contributed by atoms with van der Waals surface area (Å²) in [5.74, 6) is 0.865. The molecule has 3 rings (SSSR count). The molecule has 0 saturated heterocycles. The number of nitrogens with zero attached hydrogens (tertiary/aromatic N) is 1. The van der Waals surface area contributed by atoms with Crippen molar-refractivity contribution in [3.63, 3.8) is 0 Å². The summed E-state index contributed by atoms with van der Waals surface area (Å²) in [5, 5.41) is 6.30. The van der Waals surface area contributed by atoms with Crippen LogP contribution < -0.4 is 10.1 Å². The molecule has 0 atom stereocenters. The van der Waals surface area contributed by atoms with Gasteiger partial charge in [-0.1, -0.05) is 42.5 Å². The quantitative estimate of drug-likeness (QED) is 0.744. The second kappa shape index (κ2) is 7.20. The van der Waals surface area contributed by atoms with Crippen molar-refractivity contribution >= 4 is 11.3 Å².